The molecule has 0 atom stereocenters. The third-order valence-corrected chi connectivity index (χ3v) is 3.10. The molecule has 0 N–H and O–H groups in total. The number of fused-ring (bicyclic) bond motifs is 1. The fourth-order valence-corrected chi connectivity index (χ4v) is 2.00. The predicted octanol–water partition coefficient (Wildman–Crippen LogP) is 0.301. The number of hydrogen-bond acceptors (Lipinski definition) is 6. The van der Waals surface area contributed by atoms with E-state index in [-0.39, 0.29) is 18.9 Å². The summed E-state index contributed by atoms with van der Waals surface area (Å²) in [5.74, 6) is -5.36. The van der Waals surface area contributed by atoms with Crippen molar-refractivity contribution in [1.82, 2.24) is 0 Å². The minimum atomic E-state index is -5.97. The molecule has 1 aromatic carbocycles. The standard InChI is InChI=1S/C13HF5N6.Li.H/c14-12(15,13(16,17)18)11-23-9-7(3-21)5(1-19)6(2-20)8(4-22)10(9)24-11;;/h11H;;. The zero-order valence-electron chi connectivity index (χ0n) is 11.2. The molecule has 0 saturated carbocycles. The molecule has 0 saturated heterocycles. The fraction of sp³-hybridized carbons (Fsp3) is 0.231. The Balaban J connectivity index is 0.00000312. The van der Waals surface area contributed by atoms with Crippen molar-refractivity contribution in [3.63, 3.8) is 0 Å². The molecule has 1 aliphatic heterocycles. The van der Waals surface area contributed by atoms with Gasteiger partial charge in [-0.1, -0.05) is 0 Å². The van der Waals surface area contributed by atoms with E-state index in [4.69, 9.17) is 21.0 Å². The van der Waals surface area contributed by atoms with Crippen LogP contribution in [0, 0.1) is 45.3 Å². The van der Waals surface area contributed by atoms with Crippen LogP contribution in [0.2, 0.25) is 0 Å². The molecule has 0 aromatic heterocycles. The van der Waals surface area contributed by atoms with Crippen LogP contribution in [0.4, 0.5) is 22.0 Å². The Hall–Kier alpha value is -2.97. The topological polar surface area (TPSA) is 120 Å². The van der Waals surface area contributed by atoms with Gasteiger partial charge in [0.25, 0.3) is 0 Å². The average Bonchev–Trinajstić information content (AvgIpc) is 2.96. The number of hydrogen-bond donors (Lipinski definition) is 0. The summed E-state index contributed by atoms with van der Waals surface area (Å²) in [7, 11) is 0. The SMILES string of the molecule is N#Cc1c(C#N)c(C#N)c2c(c1C#N)=NC(C(F)(F)C(F)(F)F)N=2.[LiH]. The van der Waals surface area contributed by atoms with Gasteiger partial charge in [0.15, 0.2) is 0 Å². The van der Waals surface area contributed by atoms with Crippen LogP contribution in [0.5, 0.6) is 0 Å². The van der Waals surface area contributed by atoms with Crippen molar-refractivity contribution in [2.75, 3.05) is 0 Å². The van der Waals surface area contributed by atoms with Crippen molar-refractivity contribution in [3.8, 4) is 24.3 Å². The summed E-state index contributed by atoms with van der Waals surface area (Å²) in [6.07, 6.45) is -8.92. The Morgan fingerprint density at radius 1 is 0.680 bits per heavy atom. The Kier molecular flexibility index (Phi) is 5.22. The van der Waals surface area contributed by atoms with Crippen molar-refractivity contribution in [1.29, 1.82) is 21.0 Å². The number of nitriles is 4. The van der Waals surface area contributed by atoms with E-state index in [0.29, 0.717) is 0 Å². The zero-order valence-corrected chi connectivity index (χ0v) is 11.2. The molecular weight excluding hydrogens is 342 g/mol. The third kappa shape index (κ3) is 2.81. The summed E-state index contributed by atoms with van der Waals surface area (Å²) < 4.78 is 64.2. The van der Waals surface area contributed by atoms with Crippen LogP contribution in [0.25, 0.3) is 0 Å². The van der Waals surface area contributed by atoms with E-state index < -0.39 is 51.2 Å². The first-order chi connectivity index (χ1) is 11.1. The maximum absolute atomic E-state index is 13.4. The van der Waals surface area contributed by atoms with E-state index in [9.17, 15) is 22.0 Å². The monoisotopic (exact) mass is 344 g/mol. The van der Waals surface area contributed by atoms with Gasteiger partial charge in [0.2, 0.25) is 6.17 Å². The fourth-order valence-electron chi connectivity index (χ4n) is 2.00. The van der Waals surface area contributed by atoms with E-state index in [1.165, 1.54) is 24.3 Å². The Labute approximate surface area is 147 Å². The molecule has 0 fully saturated rings. The normalized spacial score (nSPS) is 13.0. The third-order valence-electron chi connectivity index (χ3n) is 3.10. The van der Waals surface area contributed by atoms with Crippen LogP contribution >= 0.6 is 0 Å². The van der Waals surface area contributed by atoms with Gasteiger partial charge in [0, 0.05) is 0 Å². The van der Waals surface area contributed by atoms with Crippen LogP contribution in [0.15, 0.2) is 9.98 Å². The first-order valence-corrected chi connectivity index (χ1v) is 5.84. The van der Waals surface area contributed by atoms with E-state index in [2.05, 4.69) is 9.98 Å². The molecule has 1 aromatic rings. The molecular formula is C13H2F5LiN6. The Morgan fingerprint density at radius 3 is 1.24 bits per heavy atom. The van der Waals surface area contributed by atoms with Crippen molar-refractivity contribution in [2.24, 2.45) is 9.98 Å². The summed E-state index contributed by atoms with van der Waals surface area (Å²) in [4.78, 5) is 6.16. The van der Waals surface area contributed by atoms with Crippen LogP contribution in [-0.2, 0) is 0 Å². The molecule has 0 amide bonds. The van der Waals surface area contributed by atoms with Crippen molar-refractivity contribution in [2.45, 2.75) is 18.3 Å². The zero-order chi connectivity index (χ0) is 18.3. The molecule has 12 heteroatoms. The number of benzene rings is 1. The maximum atomic E-state index is 13.4. The first kappa shape index (κ1) is 20.1. The van der Waals surface area contributed by atoms with E-state index in [0.717, 1.165) is 0 Å². The van der Waals surface area contributed by atoms with E-state index >= 15 is 0 Å². The molecule has 0 unspecified atom stereocenters. The van der Waals surface area contributed by atoms with Crippen LogP contribution in [0.3, 0.4) is 0 Å². The van der Waals surface area contributed by atoms with Crippen molar-refractivity contribution >= 4 is 18.9 Å². The van der Waals surface area contributed by atoms with Gasteiger partial charge in [-0.2, -0.15) is 43.0 Å². The van der Waals surface area contributed by atoms with Crippen molar-refractivity contribution < 1.29 is 22.0 Å². The van der Waals surface area contributed by atoms with Crippen molar-refractivity contribution in [3.05, 3.63) is 33.0 Å². The predicted molar refractivity (Wildman–Crippen MR) is 69.6 cm³/mol. The van der Waals surface area contributed by atoms with Gasteiger partial charge >= 0.3 is 31.0 Å². The Morgan fingerprint density at radius 2 is 1.00 bits per heavy atom. The second kappa shape index (κ2) is 6.50. The summed E-state index contributed by atoms with van der Waals surface area (Å²) in [5.41, 5.74) is -2.64. The van der Waals surface area contributed by atoms with Gasteiger partial charge in [0.1, 0.15) is 35.0 Å². The molecule has 25 heavy (non-hydrogen) atoms. The molecule has 120 valence electrons. The minimum absolute atomic E-state index is 0. The number of rotatable bonds is 1. The quantitative estimate of drug-likeness (QED) is 0.537. The molecule has 6 nitrogen and oxygen atoms in total. The molecule has 0 aliphatic carbocycles. The van der Waals surface area contributed by atoms with Gasteiger partial charge in [-0.15, -0.1) is 0 Å². The second-order valence-electron chi connectivity index (χ2n) is 4.40. The van der Waals surface area contributed by atoms with Gasteiger partial charge in [-0.05, 0) is 0 Å². The second-order valence-corrected chi connectivity index (χ2v) is 4.40. The van der Waals surface area contributed by atoms with Gasteiger partial charge < -0.3 is 0 Å². The molecule has 2 rings (SSSR count). The molecule has 0 bridgehead atoms. The van der Waals surface area contributed by atoms with E-state index in [1.54, 1.807) is 0 Å². The van der Waals surface area contributed by atoms with E-state index in [1.807, 2.05) is 0 Å². The van der Waals surface area contributed by atoms with Crippen LogP contribution in [-0.4, -0.2) is 37.1 Å². The van der Waals surface area contributed by atoms with Gasteiger partial charge in [-0.3, -0.25) is 0 Å². The summed E-state index contributed by atoms with van der Waals surface area (Å²) in [5, 5.41) is 34.6. The van der Waals surface area contributed by atoms with Gasteiger partial charge in [-0.25, -0.2) is 9.98 Å². The number of alkyl halides is 5. The molecule has 1 aliphatic rings. The molecule has 1 heterocycles. The first-order valence-electron chi connectivity index (χ1n) is 5.84. The summed E-state index contributed by atoms with van der Waals surface area (Å²) in [6, 6.07) is 5.73. The number of halogens is 5. The van der Waals surface area contributed by atoms with Crippen LogP contribution < -0.4 is 10.7 Å². The summed E-state index contributed by atoms with van der Waals surface area (Å²) >= 11 is 0. The summed E-state index contributed by atoms with van der Waals surface area (Å²) in [6.45, 7) is 0. The molecule has 0 spiro atoms. The number of nitrogens with zero attached hydrogens (tertiary/aromatic N) is 6. The Bertz CT molecular complexity index is 961. The average molecular weight is 344 g/mol. The van der Waals surface area contributed by atoms with Gasteiger partial charge in [0.05, 0.1) is 22.3 Å². The molecule has 0 radical (unpaired) electrons. The van der Waals surface area contributed by atoms with Crippen LogP contribution in [0.1, 0.15) is 22.3 Å².